The lowest BCUT2D eigenvalue weighted by Crippen LogP contribution is -2.13. The molecule has 0 atom stereocenters. The summed E-state index contributed by atoms with van der Waals surface area (Å²) >= 11 is 0. The zero-order chi connectivity index (χ0) is 17.1. The lowest BCUT2D eigenvalue weighted by molar-refractivity contribution is -0.116. The topological polar surface area (TPSA) is 105 Å². The number of carbonyl (C=O) groups excluding carboxylic acids is 1. The van der Waals surface area contributed by atoms with Gasteiger partial charge in [0.05, 0.1) is 11.2 Å². The van der Waals surface area contributed by atoms with E-state index >= 15 is 0 Å². The molecule has 0 radical (unpaired) electrons. The van der Waals surface area contributed by atoms with Gasteiger partial charge >= 0.3 is 5.97 Å². The van der Waals surface area contributed by atoms with Gasteiger partial charge in [0.15, 0.2) is 5.56 Å². The third-order valence-electron chi connectivity index (χ3n) is 3.48. The first-order valence-electron chi connectivity index (χ1n) is 7.49. The average molecular weight is 325 g/mol. The van der Waals surface area contributed by atoms with E-state index in [1.807, 2.05) is 37.3 Å². The van der Waals surface area contributed by atoms with E-state index < -0.39 is 5.97 Å². The Hall–Kier alpha value is -3.22. The second kappa shape index (κ2) is 6.49. The maximum absolute atomic E-state index is 11.7. The quantitative estimate of drug-likeness (QED) is 0.745. The molecule has 0 fully saturated rings. The van der Waals surface area contributed by atoms with E-state index in [-0.39, 0.29) is 29.5 Å². The van der Waals surface area contributed by atoms with Crippen LogP contribution in [-0.4, -0.2) is 27.1 Å². The number of nitrogens with zero attached hydrogens (tertiary/aromatic N) is 2. The van der Waals surface area contributed by atoms with Gasteiger partial charge in [0, 0.05) is 11.8 Å². The van der Waals surface area contributed by atoms with Crippen LogP contribution in [0.25, 0.3) is 22.3 Å². The van der Waals surface area contributed by atoms with Crippen molar-refractivity contribution in [2.45, 2.75) is 19.8 Å². The van der Waals surface area contributed by atoms with Crippen LogP contribution in [-0.2, 0) is 4.79 Å². The van der Waals surface area contributed by atoms with E-state index in [1.165, 1.54) is 0 Å². The van der Waals surface area contributed by atoms with Crippen molar-refractivity contribution in [3.63, 3.8) is 0 Å². The van der Waals surface area contributed by atoms with Gasteiger partial charge in [-0.3, -0.25) is 10.1 Å². The first kappa shape index (κ1) is 15.7. The average Bonchev–Trinajstić information content (AvgIpc) is 2.98. The molecule has 1 amide bonds. The molecule has 3 aromatic rings. The summed E-state index contributed by atoms with van der Waals surface area (Å²) in [6, 6.07) is 11.0. The summed E-state index contributed by atoms with van der Waals surface area (Å²) in [5, 5.41) is 16.6. The summed E-state index contributed by atoms with van der Waals surface area (Å²) in [6.45, 7) is 1.85. The fourth-order valence-corrected chi connectivity index (χ4v) is 2.36. The van der Waals surface area contributed by atoms with E-state index in [0.29, 0.717) is 17.6 Å². The number of anilines is 1. The minimum atomic E-state index is -1.24. The van der Waals surface area contributed by atoms with Crippen LogP contribution in [0.2, 0.25) is 0 Å². The maximum Gasteiger partial charge on any atom is 0.343 e. The Bertz CT molecular complexity index is 917. The standard InChI is InChI=1S/C17H15N3O4/c1-2-5-13(21)19-16-14(17(22)23)15(20-24-16)12-9-8-10-6-3-4-7-11(10)18-12/h3-4,6-9H,2,5H2,1H3,(H,19,21)(H,22,23). The molecule has 0 spiro atoms. The largest absolute Gasteiger partial charge is 0.477 e. The Kier molecular flexibility index (Phi) is 4.24. The Labute approximate surface area is 137 Å². The van der Waals surface area contributed by atoms with Gasteiger partial charge in [-0.2, -0.15) is 0 Å². The number of benzene rings is 1. The number of amides is 1. The number of nitrogens with one attached hydrogen (secondary N) is 1. The molecule has 24 heavy (non-hydrogen) atoms. The highest BCUT2D eigenvalue weighted by Crippen LogP contribution is 2.29. The van der Waals surface area contributed by atoms with Crippen LogP contribution >= 0.6 is 0 Å². The molecule has 3 rings (SSSR count). The third kappa shape index (κ3) is 2.96. The van der Waals surface area contributed by atoms with Crippen molar-refractivity contribution in [2.75, 3.05) is 5.32 Å². The number of carboxylic acid groups (broad SMARTS) is 1. The molecule has 0 unspecified atom stereocenters. The van der Waals surface area contributed by atoms with Gasteiger partial charge in [-0.05, 0) is 18.6 Å². The fraction of sp³-hybridized carbons (Fsp3) is 0.176. The molecule has 0 aliphatic rings. The SMILES string of the molecule is CCCC(=O)Nc1onc(-c2ccc3ccccc3n2)c1C(=O)O. The zero-order valence-corrected chi connectivity index (χ0v) is 12.9. The molecular weight excluding hydrogens is 310 g/mol. The number of aromatic nitrogens is 2. The summed E-state index contributed by atoms with van der Waals surface area (Å²) in [4.78, 5) is 27.7. The molecule has 7 nitrogen and oxygen atoms in total. The van der Waals surface area contributed by atoms with Crippen molar-refractivity contribution in [1.82, 2.24) is 10.1 Å². The third-order valence-corrected chi connectivity index (χ3v) is 3.48. The first-order chi connectivity index (χ1) is 11.6. The number of hydrogen-bond donors (Lipinski definition) is 2. The number of pyridine rings is 1. The van der Waals surface area contributed by atoms with Crippen molar-refractivity contribution in [3.8, 4) is 11.4 Å². The van der Waals surface area contributed by atoms with Crippen molar-refractivity contribution in [1.29, 1.82) is 0 Å². The second-order valence-corrected chi connectivity index (χ2v) is 5.23. The molecule has 0 aliphatic carbocycles. The smallest absolute Gasteiger partial charge is 0.343 e. The predicted molar refractivity (Wildman–Crippen MR) is 87.7 cm³/mol. The number of hydrogen-bond acceptors (Lipinski definition) is 5. The van der Waals surface area contributed by atoms with Crippen molar-refractivity contribution >= 4 is 28.7 Å². The molecule has 0 bridgehead atoms. The summed E-state index contributed by atoms with van der Waals surface area (Å²) in [5.74, 6) is -1.74. The number of carbonyl (C=O) groups is 2. The van der Waals surface area contributed by atoms with Crippen LogP contribution < -0.4 is 5.32 Å². The van der Waals surface area contributed by atoms with Crippen LogP contribution in [0.15, 0.2) is 40.9 Å². The predicted octanol–water partition coefficient (Wildman–Crippen LogP) is 3.33. The van der Waals surface area contributed by atoms with Crippen molar-refractivity contribution in [3.05, 3.63) is 42.0 Å². The summed E-state index contributed by atoms with van der Waals surface area (Å²) < 4.78 is 5.04. The van der Waals surface area contributed by atoms with Crippen LogP contribution in [0, 0.1) is 0 Å². The van der Waals surface area contributed by atoms with Gasteiger partial charge in [0.1, 0.15) is 5.69 Å². The molecule has 2 aromatic heterocycles. The van der Waals surface area contributed by atoms with Crippen molar-refractivity contribution in [2.24, 2.45) is 0 Å². The molecule has 2 N–H and O–H groups in total. The van der Waals surface area contributed by atoms with E-state index in [4.69, 9.17) is 4.52 Å². The van der Waals surface area contributed by atoms with Gasteiger partial charge in [-0.1, -0.05) is 36.3 Å². The number of aromatic carboxylic acids is 1. The molecular formula is C17H15N3O4. The van der Waals surface area contributed by atoms with Gasteiger partial charge in [0.2, 0.25) is 11.8 Å². The van der Waals surface area contributed by atoms with E-state index in [1.54, 1.807) is 6.07 Å². The summed E-state index contributed by atoms with van der Waals surface area (Å²) in [5.41, 5.74) is 0.957. The minimum absolute atomic E-state index is 0.0834. The van der Waals surface area contributed by atoms with Gasteiger partial charge < -0.3 is 9.63 Å². The number of carboxylic acids is 1. The molecule has 7 heteroatoms. The Morgan fingerprint density at radius 1 is 1.21 bits per heavy atom. The lowest BCUT2D eigenvalue weighted by Gasteiger charge is -2.02. The maximum atomic E-state index is 11.7. The zero-order valence-electron chi connectivity index (χ0n) is 12.9. The molecule has 0 aliphatic heterocycles. The first-order valence-corrected chi connectivity index (χ1v) is 7.49. The normalized spacial score (nSPS) is 10.7. The minimum Gasteiger partial charge on any atom is -0.477 e. The summed E-state index contributed by atoms with van der Waals surface area (Å²) in [6.07, 6.45) is 0.908. The summed E-state index contributed by atoms with van der Waals surface area (Å²) in [7, 11) is 0. The number of fused-ring (bicyclic) bond motifs is 1. The molecule has 0 saturated heterocycles. The molecule has 122 valence electrons. The van der Waals surface area contributed by atoms with Gasteiger partial charge in [-0.15, -0.1) is 0 Å². The Morgan fingerprint density at radius 3 is 2.75 bits per heavy atom. The highest BCUT2D eigenvalue weighted by Gasteiger charge is 2.25. The van der Waals surface area contributed by atoms with Gasteiger partial charge in [-0.25, -0.2) is 9.78 Å². The van der Waals surface area contributed by atoms with Crippen LogP contribution in [0.1, 0.15) is 30.1 Å². The van der Waals surface area contributed by atoms with Gasteiger partial charge in [0.25, 0.3) is 0 Å². The van der Waals surface area contributed by atoms with Crippen LogP contribution in [0.3, 0.4) is 0 Å². The highest BCUT2D eigenvalue weighted by molar-refractivity contribution is 6.03. The Morgan fingerprint density at radius 2 is 2.00 bits per heavy atom. The van der Waals surface area contributed by atoms with Crippen LogP contribution in [0.5, 0.6) is 0 Å². The van der Waals surface area contributed by atoms with E-state index in [2.05, 4.69) is 15.5 Å². The molecule has 2 heterocycles. The lowest BCUT2D eigenvalue weighted by atomic mass is 10.1. The number of para-hydroxylation sites is 1. The van der Waals surface area contributed by atoms with E-state index in [9.17, 15) is 14.7 Å². The molecule has 0 saturated carbocycles. The Balaban J connectivity index is 2.04. The monoisotopic (exact) mass is 325 g/mol. The van der Waals surface area contributed by atoms with Crippen molar-refractivity contribution < 1.29 is 19.2 Å². The van der Waals surface area contributed by atoms with E-state index in [0.717, 1.165) is 5.39 Å². The number of rotatable bonds is 5. The fourth-order valence-electron chi connectivity index (χ4n) is 2.36. The second-order valence-electron chi connectivity index (χ2n) is 5.23. The molecule has 1 aromatic carbocycles. The van der Waals surface area contributed by atoms with Crippen LogP contribution in [0.4, 0.5) is 5.88 Å². The highest BCUT2D eigenvalue weighted by atomic mass is 16.5.